The highest BCUT2D eigenvalue weighted by molar-refractivity contribution is 6.06. The monoisotopic (exact) mass is 243 g/mol. The fourth-order valence-electron chi connectivity index (χ4n) is 1.79. The molecule has 0 aliphatic carbocycles. The summed E-state index contributed by atoms with van der Waals surface area (Å²) in [7, 11) is 0. The molecule has 6 heteroatoms. The lowest BCUT2D eigenvalue weighted by Gasteiger charge is -2.26. The molecule has 1 rings (SSSR count). The van der Waals surface area contributed by atoms with Crippen LogP contribution in [-0.4, -0.2) is 45.5 Å². The first kappa shape index (κ1) is 13.6. The van der Waals surface area contributed by atoms with E-state index in [0.29, 0.717) is 0 Å². The topological polar surface area (TPSA) is 94.9 Å². The quantitative estimate of drug-likeness (QED) is 0.670. The molecule has 0 bridgehead atoms. The van der Waals surface area contributed by atoms with Gasteiger partial charge in [0.05, 0.1) is 12.0 Å². The van der Waals surface area contributed by atoms with Crippen LogP contribution in [-0.2, 0) is 14.4 Å². The molecule has 2 amide bonds. The number of aliphatic carboxylic acids is 1. The van der Waals surface area contributed by atoms with Crippen LogP contribution in [0.15, 0.2) is 0 Å². The van der Waals surface area contributed by atoms with Crippen LogP contribution in [0.1, 0.15) is 27.2 Å². The van der Waals surface area contributed by atoms with Crippen molar-refractivity contribution in [2.24, 2.45) is 11.3 Å². The Balaban J connectivity index is 2.87. The Morgan fingerprint density at radius 2 is 2.00 bits per heavy atom. The Morgan fingerprint density at radius 1 is 1.47 bits per heavy atom. The number of rotatable bonds is 4. The minimum atomic E-state index is -1.72. The number of nitrogens with zero attached hydrogens (tertiary/aromatic N) is 1. The maximum absolute atomic E-state index is 12.0. The first-order valence-corrected chi connectivity index (χ1v) is 5.46. The number of hydrogen-bond acceptors (Lipinski definition) is 4. The highest BCUT2D eigenvalue weighted by atomic mass is 16.4. The molecule has 0 radical (unpaired) electrons. The molecule has 0 spiro atoms. The van der Waals surface area contributed by atoms with Crippen molar-refractivity contribution in [1.29, 1.82) is 0 Å². The fourth-order valence-corrected chi connectivity index (χ4v) is 1.79. The fraction of sp³-hybridized carbons (Fsp3) is 0.727. The molecule has 96 valence electrons. The average Bonchev–Trinajstić information content (AvgIpc) is 2.43. The summed E-state index contributed by atoms with van der Waals surface area (Å²) in [6.45, 7) is 4.88. The first-order chi connectivity index (χ1) is 7.70. The predicted molar refractivity (Wildman–Crippen MR) is 57.9 cm³/mol. The summed E-state index contributed by atoms with van der Waals surface area (Å²) in [5.41, 5.74) is -0.796. The third-order valence-electron chi connectivity index (χ3n) is 3.47. The van der Waals surface area contributed by atoms with Crippen molar-refractivity contribution in [3.8, 4) is 0 Å². The van der Waals surface area contributed by atoms with Gasteiger partial charge in [-0.25, -0.2) is 4.79 Å². The molecule has 1 heterocycles. The van der Waals surface area contributed by atoms with E-state index in [1.165, 1.54) is 0 Å². The van der Waals surface area contributed by atoms with Gasteiger partial charge in [0.2, 0.25) is 11.8 Å². The van der Waals surface area contributed by atoms with E-state index >= 15 is 0 Å². The molecule has 0 aromatic carbocycles. The van der Waals surface area contributed by atoms with Gasteiger partial charge < -0.3 is 10.2 Å². The van der Waals surface area contributed by atoms with Gasteiger partial charge in [-0.2, -0.15) is 0 Å². The highest BCUT2D eigenvalue weighted by Gasteiger charge is 2.50. The Hall–Kier alpha value is -1.43. The maximum atomic E-state index is 12.0. The number of carboxylic acid groups (broad SMARTS) is 1. The Labute approximate surface area is 99.2 Å². The molecule has 0 saturated carbocycles. The van der Waals surface area contributed by atoms with Crippen LogP contribution < -0.4 is 0 Å². The number of hydrogen-bond donors (Lipinski definition) is 2. The summed E-state index contributed by atoms with van der Waals surface area (Å²) >= 11 is 0. The molecule has 1 aliphatic rings. The summed E-state index contributed by atoms with van der Waals surface area (Å²) in [4.78, 5) is 35.0. The van der Waals surface area contributed by atoms with Crippen LogP contribution >= 0.6 is 0 Å². The molecule has 1 fully saturated rings. The van der Waals surface area contributed by atoms with Gasteiger partial charge >= 0.3 is 5.97 Å². The number of β-amino-alcohol motifs (C(OH)–C–C–N with tert-alkyl or cyclic N) is 1. The van der Waals surface area contributed by atoms with E-state index in [9.17, 15) is 19.5 Å². The van der Waals surface area contributed by atoms with Gasteiger partial charge in [0.25, 0.3) is 0 Å². The predicted octanol–water partition coefficient (Wildman–Crippen LogP) is -0.147. The Morgan fingerprint density at radius 3 is 2.35 bits per heavy atom. The number of imide groups is 1. The minimum absolute atomic E-state index is 0.0223. The highest BCUT2D eigenvalue weighted by Crippen LogP contribution is 2.39. The number of carboxylic acids is 1. The van der Waals surface area contributed by atoms with Crippen LogP contribution in [0.5, 0.6) is 0 Å². The zero-order chi connectivity index (χ0) is 13.4. The Kier molecular flexibility index (Phi) is 3.56. The van der Waals surface area contributed by atoms with Gasteiger partial charge in [0.1, 0.15) is 0 Å². The zero-order valence-corrected chi connectivity index (χ0v) is 10.1. The second-order valence-electron chi connectivity index (χ2n) is 4.91. The average molecular weight is 243 g/mol. The smallest absolute Gasteiger partial charge is 0.334 e. The molecule has 6 nitrogen and oxygen atoms in total. The molecule has 1 aliphatic heterocycles. The summed E-state index contributed by atoms with van der Waals surface area (Å²) in [5, 5.41) is 17.7. The van der Waals surface area contributed by atoms with E-state index in [4.69, 9.17) is 5.11 Å². The number of carbonyl (C=O) groups is 3. The lowest BCUT2D eigenvalue weighted by Crippen LogP contribution is -2.43. The molecule has 1 saturated heterocycles. The molecule has 0 aromatic rings. The van der Waals surface area contributed by atoms with Gasteiger partial charge in [-0.15, -0.1) is 0 Å². The number of aliphatic hydroxyl groups excluding tert-OH is 1. The van der Waals surface area contributed by atoms with E-state index < -0.39 is 35.8 Å². The third kappa shape index (κ3) is 2.31. The molecule has 2 N–H and O–H groups in total. The summed E-state index contributed by atoms with van der Waals surface area (Å²) < 4.78 is 0. The van der Waals surface area contributed by atoms with Gasteiger partial charge in [0, 0.05) is 6.42 Å². The van der Waals surface area contributed by atoms with Crippen LogP contribution in [0.25, 0.3) is 0 Å². The lowest BCUT2D eigenvalue weighted by molar-refractivity contribution is -0.151. The minimum Gasteiger partial charge on any atom is -0.479 e. The van der Waals surface area contributed by atoms with Crippen molar-refractivity contribution < 1.29 is 24.6 Å². The van der Waals surface area contributed by atoms with Crippen molar-refractivity contribution in [3.63, 3.8) is 0 Å². The van der Waals surface area contributed by atoms with E-state index in [1.807, 2.05) is 13.8 Å². The van der Waals surface area contributed by atoms with Crippen LogP contribution in [0.4, 0.5) is 0 Å². The molecule has 2 atom stereocenters. The van der Waals surface area contributed by atoms with Crippen LogP contribution in [0, 0.1) is 11.3 Å². The van der Waals surface area contributed by atoms with E-state index in [2.05, 4.69) is 0 Å². The van der Waals surface area contributed by atoms with Crippen molar-refractivity contribution in [3.05, 3.63) is 0 Å². The van der Waals surface area contributed by atoms with Crippen molar-refractivity contribution in [1.82, 2.24) is 4.90 Å². The third-order valence-corrected chi connectivity index (χ3v) is 3.47. The van der Waals surface area contributed by atoms with Gasteiger partial charge in [0.15, 0.2) is 6.10 Å². The van der Waals surface area contributed by atoms with Gasteiger partial charge in [-0.05, 0) is 12.8 Å². The number of likely N-dealkylation sites (tertiary alicyclic amines) is 1. The lowest BCUT2D eigenvalue weighted by atomic mass is 9.78. The number of carbonyl (C=O) groups excluding carboxylic acids is 2. The molecular weight excluding hydrogens is 226 g/mol. The summed E-state index contributed by atoms with van der Waals surface area (Å²) in [5.74, 6) is -2.29. The molecule has 17 heavy (non-hydrogen) atoms. The van der Waals surface area contributed by atoms with E-state index in [-0.39, 0.29) is 12.3 Å². The summed E-state index contributed by atoms with van der Waals surface area (Å²) in [6.07, 6.45) is -1.66. The largest absolute Gasteiger partial charge is 0.479 e. The van der Waals surface area contributed by atoms with Crippen LogP contribution in [0.3, 0.4) is 0 Å². The van der Waals surface area contributed by atoms with Crippen molar-refractivity contribution in [2.45, 2.75) is 33.3 Å². The molecule has 2 unspecified atom stereocenters. The second kappa shape index (κ2) is 4.44. The van der Waals surface area contributed by atoms with Crippen molar-refractivity contribution in [2.75, 3.05) is 6.54 Å². The van der Waals surface area contributed by atoms with E-state index in [0.717, 1.165) is 4.90 Å². The summed E-state index contributed by atoms with van der Waals surface area (Å²) in [6, 6.07) is 0. The van der Waals surface area contributed by atoms with Crippen molar-refractivity contribution >= 4 is 17.8 Å². The standard InChI is InChI=1S/C11H17NO5/c1-6(2)11(3)4-8(14)12(10(11)17)5-7(13)9(15)16/h6-7,13H,4-5H2,1-3H3,(H,15,16). The second-order valence-corrected chi connectivity index (χ2v) is 4.91. The maximum Gasteiger partial charge on any atom is 0.334 e. The van der Waals surface area contributed by atoms with Crippen LogP contribution in [0.2, 0.25) is 0 Å². The first-order valence-electron chi connectivity index (χ1n) is 5.46. The van der Waals surface area contributed by atoms with E-state index in [1.54, 1.807) is 6.92 Å². The van der Waals surface area contributed by atoms with Gasteiger partial charge in [-0.1, -0.05) is 13.8 Å². The zero-order valence-electron chi connectivity index (χ0n) is 10.1. The van der Waals surface area contributed by atoms with Gasteiger partial charge in [-0.3, -0.25) is 14.5 Å². The number of aliphatic hydroxyl groups is 1. The number of amides is 2. The Bertz CT molecular complexity index is 365. The SMILES string of the molecule is CC(C)C1(C)CC(=O)N(CC(O)C(=O)O)C1=O. The normalized spacial score (nSPS) is 26.8. The molecular formula is C11H17NO5. The molecule has 0 aromatic heterocycles.